The molecule has 0 saturated carbocycles. The van der Waals surface area contributed by atoms with Gasteiger partial charge in [-0.1, -0.05) is 36.4 Å². The van der Waals surface area contributed by atoms with E-state index in [-0.39, 0.29) is 23.6 Å². The summed E-state index contributed by atoms with van der Waals surface area (Å²) in [6.45, 7) is -0.114. The van der Waals surface area contributed by atoms with E-state index in [0.29, 0.717) is 33.8 Å². The van der Waals surface area contributed by atoms with Gasteiger partial charge < -0.3 is 18.6 Å². The van der Waals surface area contributed by atoms with Gasteiger partial charge in [-0.05, 0) is 24.3 Å². The maximum atomic E-state index is 12.7. The zero-order valence-corrected chi connectivity index (χ0v) is 16.2. The second-order valence-corrected chi connectivity index (χ2v) is 6.45. The van der Waals surface area contributed by atoms with Crippen LogP contribution in [0.2, 0.25) is 0 Å². The minimum absolute atomic E-state index is 0.0590. The fraction of sp³-hybridized carbons (Fsp3) is 0.0833. The molecule has 0 radical (unpaired) electrons. The van der Waals surface area contributed by atoms with Crippen LogP contribution >= 0.6 is 0 Å². The van der Waals surface area contributed by atoms with E-state index in [1.807, 2.05) is 6.07 Å². The van der Waals surface area contributed by atoms with Crippen LogP contribution in [0.25, 0.3) is 11.0 Å². The molecule has 0 fully saturated rings. The minimum Gasteiger partial charge on any atom is -0.497 e. The highest BCUT2D eigenvalue weighted by atomic mass is 16.5. The van der Waals surface area contributed by atoms with E-state index in [9.17, 15) is 9.59 Å². The van der Waals surface area contributed by atoms with Crippen LogP contribution in [0.15, 0.2) is 88.3 Å². The van der Waals surface area contributed by atoms with E-state index in [0.717, 1.165) is 0 Å². The summed E-state index contributed by atoms with van der Waals surface area (Å²) in [6.07, 6.45) is 1.25. The number of methoxy groups -OCH3 is 1. The van der Waals surface area contributed by atoms with Crippen molar-refractivity contribution in [2.75, 3.05) is 13.7 Å². The van der Waals surface area contributed by atoms with Crippen LogP contribution < -0.4 is 19.6 Å². The molecule has 150 valence electrons. The normalized spacial score (nSPS) is 10.6. The maximum Gasteiger partial charge on any atom is 0.235 e. The van der Waals surface area contributed by atoms with Crippen molar-refractivity contribution >= 4 is 16.8 Å². The van der Waals surface area contributed by atoms with Crippen LogP contribution in [-0.2, 0) is 0 Å². The Morgan fingerprint density at radius 2 is 1.70 bits per heavy atom. The van der Waals surface area contributed by atoms with Gasteiger partial charge in [0.1, 0.15) is 29.1 Å². The lowest BCUT2D eigenvalue weighted by atomic mass is 10.1. The fourth-order valence-electron chi connectivity index (χ4n) is 2.90. The molecule has 30 heavy (non-hydrogen) atoms. The number of hydrogen-bond acceptors (Lipinski definition) is 6. The lowest BCUT2D eigenvalue weighted by Gasteiger charge is -2.08. The zero-order chi connectivity index (χ0) is 20.9. The summed E-state index contributed by atoms with van der Waals surface area (Å²) >= 11 is 0. The van der Waals surface area contributed by atoms with Gasteiger partial charge in [-0.15, -0.1) is 0 Å². The second-order valence-electron chi connectivity index (χ2n) is 6.45. The minimum atomic E-state index is -0.314. The number of fused-ring (bicyclic) bond motifs is 1. The van der Waals surface area contributed by atoms with Crippen molar-refractivity contribution in [2.45, 2.75) is 0 Å². The van der Waals surface area contributed by atoms with Crippen molar-refractivity contribution < 1.29 is 23.4 Å². The summed E-state index contributed by atoms with van der Waals surface area (Å²) in [5.41, 5.74) is 0.595. The van der Waals surface area contributed by atoms with Gasteiger partial charge in [0.2, 0.25) is 11.2 Å². The van der Waals surface area contributed by atoms with E-state index in [1.165, 1.54) is 6.26 Å². The van der Waals surface area contributed by atoms with Gasteiger partial charge in [-0.25, -0.2) is 0 Å². The van der Waals surface area contributed by atoms with Crippen molar-refractivity contribution in [3.05, 3.63) is 94.8 Å². The number of Topliss-reactive ketones (excluding diaryl/α,β-unsaturated/α-hetero) is 1. The summed E-state index contributed by atoms with van der Waals surface area (Å²) in [5, 5.41) is 0.345. The Kier molecular flexibility index (Phi) is 5.48. The molecule has 0 unspecified atom stereocenters. The smallest absolute Gasteiger partial charge is 0.235 e. The SMILES string of the molecule is COc1cccc(Oc2coc3cc(OCC(=O)c4ccccc4)ccc3c2=O)c1. The Morgan fingerprint density at radius 3 is 2.50 bits per heavy atom. The first-order chi connectivity index (χ1) is 14.6. The molecule has 0 atom stereocenters. The highest BCUT2D eigenvalue weighted by Crippen LogP contribution is 2.26. The van der Waals surface area contributed by atoms with Crippen molar-refractivity contribution in [3.8, 4) is 23.0 Å². The molecule has 0 amide bonds. The van der Waals surface area contributed by atoms with Crippen LogP contribution in [0.3, 0.4) is 0 Å². The lowest BCUT2D eigenvalue weighted by Crippen LogP contribution is -2.11. The van der Waals surface area contributed by atoms with Crippen LogP contribution in [0, 0.1) is 0 Å². The number of carbonyl (C=O) groups is 1. The molecular weight excluding hydrogens is 384 g/mol. The number of hydrogen-bond donors (Lipinski definition) is 0. The van der Waals surface area contributed by atoms with Crippen LogP contribution in [0.5, 0.6) is 23.0 Å². The Bertz CT molecular complexity index is 1240. The highest BCUT2D eigenvalue weighted by Gasteiger charge is 2.12. The average molecular weight is 402 g/mol. The monoisotopic (exact) mass is 402 g/mol. The molecule has 6 heteroatoms. The maximum absolute atomic E-state index is 12.7. The van der Waals surface area contributed by atoms with Crippen LogP contribution in [0.1, 0.15) is 10.4 Å². The Balaban J connectivity index is 1.52. The first kappa shape index (κ1) is 19.3. The third-order valence-corrected chi connectivity index (χ3v) is 4.45. The molecule has 0 bridgehead atoms. The number of rotatable bonds is 7. The zero-order valence-electron chi connectivity index (χ0n) is 16.2. The molecule has 0 N–H and O–H groups in total. The summed E-state index contributed by atoms with van der Waals surface area (Å²) in [5.74, 6) is 1.42. The number of benzene rings is 3. The Morgan fingerprint density at radius 1 is 0.900 bits per heavy atom. The van der Waals surface area contributed by atoms with Gasteiger partial charge in [0.15, 0.2) is 12.4 Å². The quantitative estimate of drug-likeness (QED) is 0.411. The van der Waals surface area contributed by atoms with Gasteiger partial charge >= 0.3 is 0 Å². The first-order valence-electron chi connectivity index (χ1n) is 9.22. The summed E-state index contributed by atoms with van der Waals surface area (Å²) < 4.78 is 21.9. The average Bonchev–Trinajstić information content (AvgIpc) is 2.80. The van der Waals surface area contributed by atoms with E-state index < -0.39 is 0 Å². The predicted octanol–water partition coefficient (Wildman–Crippen LogP) is 4.86. The predicted molar refractivity (Wildman–Crippen MR) is 112 cm³/mol. The van der Waals surface area contributed by atoms with Crippen molar-refractivity contribution in [1.29, 1.82) is 0 Å². The van der Waals surface area contributed by atoms with Gasteiger partial charge in [-0.2, -0.15) is 0 Å². The molecule has 4 rings (SSSR count). The van der Waals surface area contributed by atoms with Crippen molar-refractivity contribution in [1.82, 2.24) is 0 Å². The van der Waals surface area contributed by atoms with E-state index in [2.05, 4.69) is 0 Å². The molecule has 0 aliphatic heterocycles. The molecular formula is C24H18O6. The van der Waals surface area contributed by atoms with E-state index in [1.54, 1.807) is 73.8 Å². The molecule has 0 spiro atoms. The van der Waals surface area contributed by atoms with Crippen molar-refractivity contribution in [2.24, 2.45) is 0 Å². The summed E-state index contributed by atoms with van der Waals surface area (Å²) in [7, 11) is 1.55. The molecule has 0 aliphatic carbocycles. The fourth-order valence-corrected chi connectivity index (χ4v) is 2.90. The molecule has 4 aromatic rings. The molecule has 0 saturated heterocycles. The van der Waals surface area contributed by atoms with E-state index in [4.69, 9.17) is 18.6 Å². The standard InChI is InChI=1S/C24H18O6/c1-27-17-8-5-9-19(12-17)30-23-15-29-22-13-18(10-11-20(22)24(23)26)28-14-21(25)16-6-3-2-4-7-16/h2-13,15H,14H2,1H3. The number of carbonyl (C=O) groups excluding carboxylic acids is 1. The topological polar surface area (TPSA) is 75.0 Å². The van der Waals surface area contributed by atoms with Crippen LogP contribution in [-0.4, -0.2) is 19.5 Å². The second kappa shape index (κ2) is 8.53. The first-order valence-corrected chi connectivity index (χ1v) is 9.22. The Labute approximate surface area is 172 Å². The number of ketones is 1. The van der Waals surface area contributed by atoms with Gasteiger partial charge in [0.05, 0.1) is 12.5 Å². The molecule has 1 heterocycles. The molecule has 0 aliphatic rings. The third kappa shape index (κ3) is 4.17. The summed E-state index contributed by atoms with van der Waals surface area (Å²) in [4.78, 5) is 24.9. The summed E-state index contributed by atoms with van der Waals surface area (Å²) in [6, 6.07) is 20.6. The highest BCUT2D eigenvalue weighted by molar-refractivity contribution is 5.97. The van der Waals surface area contributed by atoms with E-state index >= 15 is 0 Å². The number of ether oxygens (including phenoxy) is 3. The van der Waals surface area contributed by atoms with Gasteiger partial charge in [-0.3, -0.25) is 9.59 Å². The molecule has 1 aromatic heterocycles. The lowest BCUT2D eigenvalue weighted by molar-refractivity contribution is 0.0921. The largest absolute Gasteiger partial charge is 0.497 e. The van der Waals surface area contributed by atoms with Gasteiger partial charge in [0, 0.05) is 17.7 Å². The Hall–Kier alpha value is -4.06. The van der Waals surface area contributed by atoms with Crippen LogP contribution in [0.4, 0.5) is 0 Å². The molecule has 6 nitrogen and oxygen atoms in total. The van der Waals surface area contributed by atoms with Gasteiger partial charge in [0.25, 0.3) is 0 Å². The van der Waals surface area contributed by atoms with Crippen molar-refractivity contribution in [3.63, 3.8) is 0 Å². The third-order valence-electron chi connectivity index (χ3n) is 4.45. The molecule has 3 aromatic carbocycles.